The van der Waals surface area contributed by atoms with Gasteiger partial charge in [-0.05, 0) is 30.2 Å². The van der Waals surface area contributed by atoms with E-state index in [1.54, 1.807) is 47.6 Å². The molecule has 2 aromatic carbocycles. The van der Waals surface area contributed by atoms with Crippen molar-refractivity contribution in [3.05, 3.63) is 94.9 Å². The van der Waals surface area contributed by atoms with Crippen molar-refractivity contribution in [2.24, 2.45) is 0 Å². The molecule has 0 saturated heterocycles. The number of benzene rings is 2. The first kappa shape index (κ1) is 15.4. The third kappa shape index (κ3) is 2.98. The average Bonchev–Trinajstić information content (AvgIpc) is 3.15. The molecule has 0 spiro atoms. The standard InChI is InChI=1S/C21H17NO3/c23-20(16-4-2-1-3-5-16)17-6-8-18(9-7-17)21(24)22-12-10-15-11-13-25-19(15)14-22/h1-9,11,13H,10,12,14H2. The predicted octanol–water partition coefficient (Wildman–Crippen LogP) is 3.71. The van der Waals surface area contributed by atoms with Crippen molar-refractivity contribution in [3.63, 3.8) is 0 Å². The highest BCUT2D eigenvalue weighted by Gasteiger charge is 2.23. The number of rotatable bonds is 3. The lowest BCUT2D eigenvalue weighted by atomic mass is 10.0. The summed E-state index contributed by atoms with van der Waals surface area (Å²) in [6.07, 6.45) is 2.48. The van der Waals surface area contributed by atoms with Crippen LogP contribution in [0.2, 0.25) is 0 Å². The van der Waals surface area contributed by atoms with Crippen LogP contribution in [-0.4, -0.2) is 23.1 Å². The first-order chi connectivity index (χ1) is 12.2. The van der Waals surface area contributed by atoms with Gasteiger partial charge in [-0.25, -0.2) is 0 Å². The summed E-state index contributed by atoms with van der Waals surface area (Å²) in [5, 5.41) is 0. The van der Waals surface area contributed by atoms with Gasteiger partial charge in [0.25, 0.3) is 5.91 Å². The van der Waals surface area contributed by atoms with Crippen LogP contribution in [0.15, 0.2) is 71.3 Å². The molecule has 0 atom stereocenters. The lowest BCUT2D eigenvalue weighted by Gasteiger charge is -2.26. The van der Waals surface area contributed by atoms with Crippen LogP contribution in [0.5, 0.6) is 0 Å². The van der Waals surface area contributed by atoms with Crippen LogP contribution in [0.3, 0.4) is 0 Å². The Labute approximate surface area is 145 Å². The van der Waals surface area contributed by atoms with E-state index in [-0.39, 0.29) is 11.7 Å². The van der Waals surface area contributed by atoms with Crippen LogP contribution in [-0.2, 0) is 13.0 Å². The van der Waals surface area contributed by atoms with Crippen LogP contribution in [0, 0.1) is 0 Å². The largest absolute Gasteiger partial charge is 0.467 e. The first-order valence-electron chi connectivity index (χ1n) is 8.27. The van der Waals surface area contributed by atoms with E-state index in [9.17, 15) is 9.59 Å². The summed E-state index contributed by atoms with van der Waals surface area (Å²) >= 11 is 0. The van der Waals surface area contributed by atoms with E-state index < -0.39 is 0 Å². The number of nitrogens with zero attached hydrogens (tertiary/aromatic N) is 1. The lowest BCUT2D eigenvalue weighted by Crippen LogP contribution is -2.35. The minimum Gasteiger partial charge on any atom is -0.467 e. The number of amides is 1. The zero-order chi connectivity index (χ0) is 17.2. The summed E-state index contributed by atoms with van der Waals surface area (Å²) in [5.74, 6) is 0.772. The highest BCUT2D eigenvalue weighted by molar-refractivity contribution is 6.09. The average molecular weight is 331 g/mol. The number of furan rings is 1. The van der Waals surface area contributed by atoms with Gasteiger partial charge >= 0.3 is 0 Å². The second-order valence-corrected chi connectivity index (χ2v) is 6.12. The fourth-order valence-corrected chi connectivity index (χ4v) is 3.11. The van der Waals surface area contributed by atoms with Gasteiger partial charge < -0.3 is 9.32 Å². The molecule has 1 amide bonds. The number of hydrogen-bond acceptors (Lipinski definition) is 3. The molecular weight excluding hydrogens is 314 g/mol. The molecule has 0 unspecified atom stereocenters. The fourth-order valence-electron chi connectivity index (χ4n) is 3.11. The summed E-state index contributed by atoms with van der Waals surface area (Å²) in [4.78, 5) is 26.9. The van der Waals surface area contributed by atoms with E-state index in [0.29, 0.717) is 29.8 Å². The number of ketones is 1. The van der Waals surface area contributed by atoms with Gasteiger partial charge in [-0.1, -0.05) is 42.5 Å². The van der Waals surface area contributed by atoms with Crippen LogP contribution in [0.25, 0.3) is 0 Å². The van der Waals surface area contributed by atoms with Crippen LogP contribution in [0.4, 0.5) is 0 Å². The molecule has 0 fully saturated rings. The van der Waals surface area contributed by atoms with E-state index >= 15 is 0 Å². The molecule has 124 valence electrons. The summed E-state index contributed by atoms with van der Waals surface area (Å²) < 4.78 is 5.43. The topological polar surface area (TPSA) is 50.5 Å². The second kappa shape index (κ2) is 6.40. The molecule has 2 heterocycles. The molecule has 3 aromatic rings. The Kier molecular flexibility index (Phi) is 3.94. The molecule has 1 aromatic heterocycles. The Morgan fingerprint density at radius 3 is 2.28 bits per heavy atom. The predicted molar refractivity (Wildman–Crippen MR) is 93.5 cm³/mol. The van der Waals surface area contributed by atoms with Crippen LogP contribution in [0.1, 0.15) is 37.6 Å². The minimum atomic E-state index is -0.0437. The minimum absolute atomic E-state index is 0.0410. The molecule has 0 N–H and O–H groups in total. The van der Waals surface area contributed by atoms with Gasteiger partial charge in [-0.2, -0.15) is 0 Å². The lowest BCUT2D eigenvalue weighted by molar-refractivity contribution is 0.0719. The molecule has 4 nitrogen and oxygen atoms in total. The maximum Gasteiger partial charge on any atom is 0.254 e. The summed E-state index contributed by atoms with van der Waals surface area (Å²) in [6.45, 7) is 1.17. The summed E-state index contributed by atoms with van der Waals surface area (Å²) in [5.41, 5.74) is 2.98. The van der Waals surface area contributed by atoms with Crippen LogP contribution < -0.4 is 0 Å². The molecule has 0 bridgehead atoms. The molecule has 1 aliphatic rings. The number of carbonyl (C=O) groups is 2. The van der Waals surface area contributed by atoms with E-state index in [1.807, 2.05) is 24.3 Å². The van der Waals surface area contributed by atoms with E-state index in [0.717, 1.165) is 12.2 Å². The summed E-state index contributed by atoms with van der Waals surface area (Å²) in [7, 11) is 0. The van der Waals surface area contributed by atoms with Crippen molar-refractivity contribution in [1.82, 2.24) is 4.90 Å². The van der Waals surface area contributed by atoms with Crippen molar-refractivity contribution >= 4 is 11.7 Å². The Morgan fingerprint density at radius 1 is 0.840 bits per heavy atom. The number of fused-ring (bicyclic) bond motifs is 1. The zero-order valence-corrected chi connectivity index (χ0v) is 13.6. The quantitative estimate of drug-likeness (QED) is 0.688. The summed E-state index contributed by atoms with van der Waals surface area (Å²) in [6, 6.07) is 18.0. The molecular formula is C21H17NO3. The third-order valence-electron chi connectivity index (χ3n) is 4.54. The van der Waals surface area contributed by atoms with Crippen molar-refractivity contribution in [3.8, 4) is 0 Å². The molecule has 4 heteroatoms. The van der Waals surface area contributed by atoms with Gasteiger partial charge in [-0.3, -0.25) is 9.59 Å². The van der Waals surface area contributed by atoms with Gasteiger partial charge in [-0.15, -0.1) is 0 Å². The Morgan fingerprint density at radius 2 is 1.52 bits per heavy atom. The Hall–Kier alpha value is -3.14. The van der Waals surface area contributed by atoms with E-state index in [1.165, 1.54) is 5.56 Å². The highest BCUT2D eigenvalue weighted by atomic mass is 16.3. The SMILES string of the molecule is O=C(c1ccccc1)c1ccc(C(=O)N2CCc3ccoc3C2)cc1. The first-order valence-corrected chi connectivity index (χ1v) is 8.27. The maximum atomic E-state index is 12.7. The van der Waals surface area contributed by atoms with Gasteiger partial charge in [0.05, 0.1) is 12.8 Å². The van der Waals surface area contributed by atoms with Gasteiger partial charge in [0.2, 0.25) is 0 Å². The normalized spacial score (nSPS) is 13.4. The maximum absolute atomic E-state index is 12.7. The second-order valence-electron chi connectivity index (χ2n) is 6.12. The molecule has 0 radical (unpaired) electrons. The van der Waals surface area contributed by atoms with Gasteiger partial charge in [0.1, 0.15) is 5.76 Å². The number of carbonyl (C=O) groups excluding carboxylic acids is 2. The third-order valence-corrected chi connectivity index (χ3v) is 4.54. The zero-order valence-electron chi connectivity index (χ0n) is 13.6. The van der Waals surface area contributed by atoms with Crippen LogP contribution >= 0.6 is 0 Å². The molecule has 25 heavy (non-hydrogen) atoms. The van der Waals surface area contributed by atoms with Crippen molar-refractivity contribution in [2.45, 2.75) is 13.0 Å². The molecule has 1 aliphatic heterocycles. The van der Waals surface area contributed by atoms with Gasteiger partial charge in [0, 0.05) is 23.2 Å². The fraction of sp³-hybridized carbons (Fsp3) is 0.143. The Bertz CT molecular complexity index is 910. The smallest absolute Gasteiger partial charge is 0.254 e. The monoisotopic (exact) mass is 331 g/mol. The van der Waals surface area contributed by atoms with Crippen molar-refractivity contribution in [1.29, 1.82) is 0 Å². The molecule has 0 saturated carbocycles. The van der Waals surface area contributed by atoms with E-state index in [2.05, 4.69) is 0 Å². The van der Waals surface area contributed by atoms with Gasteiger partial charge in [0.15, 0.2) is 5.78 Å². The highest BCUT2D eigenvalue weighted by Crippen LogP contribution is 2.21. The van der Waals surface area contributed by atoms with E-state index in [4.69, 9.17) is 4.42 Å². The Balaban J connectivity index is 1.51. The van der Waals surface area contributed by atoms with Crippen molar-refractivity contribution < 1.29 is 14.0 Å². The van der Waals surface area contributed by atoms with Crippen molar-refractivity contribution in [2.75, 3.05) is 6.54 Å². The molecule has 0 aliphatic carbocycles. The molecule has 4 rings (SSSR count). The number of hydrogen-bond donors (Lipinski definition) is 0.